The fraction of sp³-hybridized carbons (Fsp3) is 0.286. The number of benzene rings is 1. The van der Waals surface area contributed by atoms with E-state index in [1.807, 2.05) is 24.3 Å². The molecule has 1 unspecified atom stereocenters. The maximum Gasteiger partial charge on any atom is 0.326 e. The van der Waals surface area contributed by atoms with Crippen LogP contribution in [0, 0.1) is 0 Å². The van der Waals surface area contributed by atoms with Crippen LogP contribution < -0.4 is 5.32 Å². The van der Waals surface area contributed by atoms with Crippen molar-refractivity contribution in [3.8, 4) is 0 Å². The quantitative estimate of drug-likeness (QED) is 0.789. The van der Waals surface area contributed by atoms with Gasteiger partial charge in [-0.25, -0.2) is 9.59 Å². The van der Waals surface area contributed by atoms with Crippen molar-refractivity contribution in [1.29, 1.82) is 0 Å². The van der Waals surface area contributed by atoms with E-state index in [-0.39, 0.29) is 6.42 Å². The monoisotopic (exact) mass is 275 g/mol. The first kappa shape index (κ1) is 13.9. The molecule has 0 bridgehead atoms. The molecule has 0 aliphatic carbocycles. The van der Waals surface area contributed by atoms with Gasteiger partial charge in [-0.05, 0) is 11.6 Å². The highest BCUT2D eigenvalue weighted by molar-refractivity contribution is 5.86. The number of carbonyl (C=O) groups excluding carboxylic acids is 1. The van der Waals surface area contributed by atoms with Crippen molar-refractivity contribution in [1.82, 2.24) is 15.2 Å². The lowest BCUT2D eigenvalue weighted by atomic mass is 10.1. The zero-order chi connectivity index (χ0) is 14.7. The van der Waals surface area contributed by atoms with E-state index >= 15 is 0 Å². The fourth-order valence-corrected chi connectivity index (χ4v) is 2.00. The highest BCUT2D eigenvalue weighted by Gasteiger charge is 2.22. The van der Waals surface area contributed by atoms with E-state index in [4.69, 9.17) is 0 Å². The van der Waals surface area contributed by atoms with E-state index in [2.05, 4.69) is 10.3 Å². The van der Waals surface area contributed by atoms with Gasteiger partial charge in [-0.1, -0.05) is 18.2 Å². The van der Waals surface area contributed by atoms with E-state index in [0.717, 1.165) is 16.5 Å². The fourth-order valence-electron chi connectivity index (χ4n) is 2.00. The summed E-state index contributed by atoms with van der Waals surface area (Å²) in [5, 5.41) is 12.7. The first-order valence-corrected chi connectivity index (χ1v) is 6.24. The molecule has 0 aliphatic rings. The highest BCUT2D eigenvalue weighted by Crippen LogP contribution is 2.19. The summed E-state index contributed by atoms with van der Waals surface area (Å²) in [7, 11) is 3.14. The predicted octanol–water partition coefficient (Wildman–Crippen LogP) is 1.43. The van der Waals surface area contributed by atoms with Crippen molar-refractivity contribution in [2.24, 2.45) is 0 Å². The van der Waals surface area contributed by atoms with Gasteiger partial charge in [0.05, 0.1) is 0 Å². The molecule has 1 atom stereocenters. The highest BCUT2D eigenvalue weighted by atomic mass is 16.4. The van der Waals surface area contributed by atoms with Gasteiger partial charge in [0.1, 0.15) is 6.04 Å². The molecule has 3 N–H and O–H groups in total. The summed E-state index contributed by atoms with van der Waals surface area (Å²) < 4.78 is 0. The van der Waals surface area contributed by atoms with Gasteiger partial charge in [0.2, 0.25) is 0 Å². The van der Waals surface area contributed by atoms with Gasteiger partial charge in [0.15, 0.2) is 0 Å². The van der Waals surface area contributed by atoms with Crippen LogP contribution in [0.2, 0.25) is 0 Å². The lowest BCUT2D eigenvalue weighted by Crippen LogP contribution is -2.46. The Balaban J connectivity index is 2.20. The molecule has 2 rings (SSSR count). The standard InChI is InChI=1S/C14H17N3O3/c1-17(2)14(20)16-12(13(18)19)7-9-8-15-11-6-4-3-5-10(9)11/h3-6,8,12,15H,7H2,1-2H3,(H,16,20)(H,18,19). The van der Waals surface area contributed by atoms with Gasteiger partial charge in [-0.2, -0.15) is 0 Å². The van der Waals surface area contributed by atoms with Gasteiger partial charge >= 0.3 is 12.0 Å². The number of carbonyl (C=O) groups is 2. The number of carboxylic acid groups (broad SMARTS) is 1. The number of amides is 2. The number of hydrogen-bond acceptors (Lipinski definition) is 2. The Labute approximate surface area is 116 Å². The number of aliphatic carboxylic acids is 1. The van der Waals surface area contributed by atoms with Crippen LogP contribution in [-0.2, 0) is 11.2 Å². The van der Waals surface area contributed by atoms with Crippen LogP contribution in [0.5, 0.6) is 0 Å². The third-order valence-electron chi connectivity index (χ3n) is 3.10. The van der Waals surface area contributed by atoms with Gasteiger partial charge < -0.3 is 20.3 Å². The number of aromatic nitrogens is 1. The summed E-state index contributed by atoms with van der Waals surface area (Å²) in [6.45, 7) is 0. The third-order valence-corrected chi connectivity index (χ3v) is 3.10. The van der Waals surface area contributed by atoms with Crippen LogP contribution in [0.4, 0.5) is 4.79 Å². The molecule has 2 amide bonds. The SMILES string of the molecule is CN(C)C(=O)NC(Cc1c[nH]c2ccccc12)C(=O)O. The van der Waals surface area contributed by atoms with Crippen molar-refractivity contribution < 1.29 is 14.7 Å². The molecule has 20 heavy (non-hydrogen) atoms. The summed E-state index contributed by atoms with van der Waals surface area (Å²) in [6, 6.07) is 6.28. The Kier molecular flexibility index (Phi) is 3.93. The molecule has 0 spiro atoms. The number of fused-ring (bicyclic) bond motifs is 1. The molecule has 0 aliphatic heterocycles. The average Bonchev–Trinajstić information content (AvgIpc) is 2.81. The summed E-state index contributed by atoms with van der Waals surface area (Å²) in [5.74, 6) is -1.05. The maximum atomic E-state index is 11.6. The van der Waals surface area contributed by atoms with Crippen LogP contribution in [0.1, 0.15) is 5.56 Å². The lowest BCUT2D eigenvalue weighted by Gasteiger charge is -2.17. The number of hydrogen-bond donors (Lipinski definition) is 3. The minimum absolute atomic E-state index is 0.235. The maximum absolute atomic E-state index is 11.6. The Bertz CT molecular complexity index is 633. The molecule has 6 nitrogen and oxygen atoms in total. The van der Waals surface area contributed by atoms with Crippen molar-refractivity contribution in [2.75, 3.05) is 14.1 Å². The van der Waals surface area contributed by atoms with Crippen molar-refractivity contribution in [3.05, 3.63) is 36.0 Å². The molecule has 1 aromatic carbocycles. The lowest BCUT2D eigenvalue weighted by molar-refractivity contribution is -0.139. The smallest absolute Gasteiger partial charge is 0.326 e. The number of H-pyrrole nitrogens is 1. The Morgan fingerprint density at radius 2 is 2.05 bits per heavy atom. The minimum Gasteiger partial charge on any atom is -0.480 e. The Hall–Kier alpha value is -2.50. The molecule has 0 saturated heterocycles. The zero-order valence-electron chi connectivity index (χ0n) is 11.4. The van der Waals surface area contributed by atoms with Gasteiger partial charge in [0, 0.05) is 37.6 Å². The zero-order valence-corrected chi connectivity index (χ0v) is 11.4. The summed E-state index contributed by atoms with van der Waals surface area (Å²) in [5.41, 5.74) is 1.82. The molecule has 6 heteroatoms. The normalized spacial score (nSPS) is 12.1. The molecule has 1 aromatic heterocycles. The van der Waals surface area contributed by atoms with E-state index in [1.54, 1.807) is 20.3 Å². The summed E-state index contributed by atoms with van der Waals surface area (Å²) in [6.07, 6.45) is 2.02. The second-order valence-corrected chi connectivity index (χ2v) is 4.80. The number of rotatable bonds is 4. The number of nitrogens with zero attached hydrogens (tertiary/aromatic N) is 1. The molecule has 1 heterocycles. The number of carboxylic acids is 1. The van der Waals surface area contributed by atoms with E-state index in [1.165, 1.54) is 4.90 Å². The van der Waals surface area contributed by atoms with Gasteiger partial charge in [0.25, 0.3) is 0 Å². The van der Waals surface area contributed by atoms with E-state index in [0.29, 0.717) is 0 Å². The summed E-state index contributed by atoms with van der Waals surface area (Å²) in [4.78, 5) is 27.3. The molecule has 2 aromatic rings. The number of para-hydroxylation sites is 1. The Morgan fingerprint density at radius 1 is 1.35 bits per heavy atom. The van der Waals surface area contributed by atoms with Crippen LogP contribution in [0.3, 0.4) is 0 Å². The topological polar surface area (TPSA) is 85.4 Å². The van der Waals surface area contributed by atoms with Crippen LogP contribution in [0.15, 0.2) is 30.5 Å². The molecule has 0 fully saturated rings. The van der Waals surface area contributed by atoms with E-state index < -0.39 is 18.0 Å². The van der Waals surface area contributed by atoms with Gasteiger partial charge in [-0.3, -0.25) is 0 Å². The van der Waals surface area contributed by atoms with Gasteiger partial charge in [-0.15, -0.1) is 0 Å². The first-order chi connectivity index (χ1) is 9.49. The minimum atomic E-state index is -1.05. The number of aromatic amines is 1. The second-order valence-electron chi connectivity index (χ2n) is 4.80. The number of urea groups is 1. The van der Waals surface area contributed by atoms with E-state index in [9.17, 15) is 14.7 Å². The largest absolute Gasteiger partial charge is 0.480 e. The molecular formula is C14H17N3O3. The Morgan fingerprint density at radius 3 is 2.70 bits per heavy atom. The molecule has 0 saturated carbocycles. The predicted molar refractivity (Wildman–Crippen MR) is 75.6 cm³/mol. The molecule has 106 valence electrons. The first-order valence-electron chi connectivity index (χ1n) is 6.24. The molecular weight excluding hydrogens is 258 g/mol. The third kappa shape index (κ3) is 2.90. The average molecular weight is 275 g/mol. The van der Waals surface area contributed by atoms with Crippen LogP contribution in [-0.4, -0.2) is 47.1 Å². The van der Waals surface area contributed by atoms with Crippen LogP contribution in [0.25, 0.3) is 10.9 Å². The second kappa shape index (κ2) is 5.64. The molecule has 0 radical (unpaired) electrons. The van der Waals surface area contributed by atoms with Crippen molar-refractivity contribution in [2.45, 2.75) is 12.5 Å². The summed E-state index contributed by atoms with van der Waals surface area (Å²) >= 11 is 0. The van der Waals surface area contributed by atoms with Crippen molar-refractivity contribution >= 4 is 22.9 Å². The van der Waals surface area contributed by atoms with Crippen molar-refractivity contribution in [3.63, 3.8) is 0 Å². The number of nitrogens with one attached hydrogen (secondary N) is 2. The van der Waals surface area contributed by atoms with Crippen LogP contribution >= 0.6 is 0 Å².